The molecule has 5 nitrogen and oxygen atoms in total. The van der Waals surface area contributed by atoms with Crippen LogP contribution in [-0.2, 0) is 11.2 Å². The summed E-state index contributed by atoms with van der Waals surface area (Å²) in [6.45, 7) is 4.66. The van der Waals surface area contributed by atoms with E-state index < -0.39 is 0 Å². The number of hydrogen-bond donors (Lipinski definition) is 2. The average molecular weight is 340 g/mol. The van der Waals surface area contributed by atoms with E-state index in [2.05, 4.69) is 10.6 Å². The fourth-order valence-corrected chi connectivity index (χ4v) is 2.40. The highest BCUT2D eigenvalue weighted by atomic mass is 16.5. The topological polar surface area (TPSA) is 67.4 Å². The predicted molar refractivity (Wildman–Crippen MR) is 97.8 cm³/mol. The Balaban J connectivity index is 1.68. The third-order valence-electron chi connectivity index (χ3n) is 3.73. The van der Waals surface area contributed by atoms with E-state index in [1.165, 1.54) is 0 Å². The molecule has 2 aromatic rings. The molecule has 25 heavy (non-hydrogen) atoms. The van der Waals surface area contributed by atoms with E-state index in [0.29, 0.717) is 18.7 Å². The Morgan fingerprint density at radius 2 is 1.76 bits per heavy atom. The van der Waals surface area contributed by atoms with Crippen molar-refractivity contribution in [3.8, 4) is 5.75 Å². The molecule has 0 atom stereocenters. The minimum atomic E-state index is -0.212. The van der Waals surface area contributed by atoms with Gasteiger partial charge in [0.1, 0.15) is 5.75 Å². The van der Waals surface area contributed by atoms with Crippen molar-refractivity contribution in [2.45, 2.75) is 20.3 Å². The molecule has 0 aliphatic rings. The monoisotopic (exact) mass is 340 g/mol. The lowest BCUT2D eigenvalue weighted by Gasteiger charge is -2.11. The van der Waals surface area contributed by atoms with Crippen LogP contribution in [0.2, 0.25) is 0 Å². The van der Waals surface area contributed by atoms with Gasteiger partial charge in [-0.1, -0.05) is 42.8 Å². The molecule has 0 saturated carbocycles. The van der Waals surface area contributed by atoms with Crippen molar-refractivity contribution in [1.82, 2.24) is 10.6 Å². The summed E-state index contributed by atoms with van der Waals surface area (Å²) in [7, 11) is 0. The van der Waals surface area contributed by atoms with Gasteiger partial charge >= 0.3 is 0 Å². The Labute approximate surface area is 148 Å². The number of carbonyl (C=O) groups is 2. The zero-order valence-corrected chi connectivity index (χ0v) is 14.7. The highest BCUT2D eigenvalue weighted by Gasteiger charge is 2.07. The summed E-state index contributed by atoms with van der Waals surface area (Å²) in [4.78, 5) is 23.8. The molecule has 2 aromatic carbocycles. The lowest BCUT2D eigenvalue weighted by molar-refractivity contribution is -0.123. The first-order valence-corrected chi connectivity index (χ1v) is 8.42. The second-order valence-corrected chi connectivity index (χ2v) is 5.73. The van der Waals surface area contributed by atoms with Crippen LogP contribution in [-0.4, -0.2) is 31.5 Å². The molecule has 0 spiro atoms. The summed E-state index contributed by atoms with van der Waals surface area (Å²) in [5, 5.41) is 5.51. The number of benzene rings is 2. The van der Waals surface area contributed by atoms with Crippen molar-refractivity contribution < 1.29 is 14.3 Å². The van der Waals surface area contributed by atoms with Crippen molar-refractivity contribution in [3.05, 3.63) is 65.2 Å². The van der Waals surface area contributed by atoms with Gasteiger partial charge in [0.05, 0.1) is 0 Å². The predicted octanol–water partition coefficient (Wildman–Crippen LogP) is 2.48. The molecular formula is C20H24N2O3. The number of amides is 2. The van der Waals surface area contributed by atoms with Gasteiger partial charge in [-0.2, -0.15) is 0 Å². The molecule has 2 rings (SSSR count). The maximum Gasteiger partial charge on any atom is 0.258 e. The number of hydrogen-bond acceptors (Lipinski definition) is 3. The van der Waals surface area contributed by atoms with Gasteiger partial charge in [-0.15, -0.1) is 0 Å². The fraction of sp³-hybridized carbons (Fsp3) is 0.300. The summed E-state index contributed by atoms with van der Waals surface area (Å²) in [5.41, 5.74) is 2.72. The molecule has 0 aliphatic carbocycles. The Bertz CT molecular complexity index is 728. The minimum absolute atomic E-state index is 0.0388. The van der Waals surface area contributed by atoms with Gasteiger partial charge in [0.2, 0.25) is 0 Å². The van der Waals surface area contributed by atoms with Crippen LogP contribution in [0.5, 0.6) is 5.75 Å². The Hall–Kier alpha value is -2.82. The summed E-state index contributed by atoms with van der Waals surface area (Å²) in [5.74, 6) is 0.370. The number of nitrogens with one attached hydrogen (secondary N) is 2. The molecule has 0 saturated heterocycles. The second kappa shape index (κ2) is 9.47. The Morgan fingerprint density at radius 3 is 2.52 bits per heavy atom. The van der Waals surface area contributed by atoms with Gasteiger partial charge in [-0.3, -0.25) is 9.59 Å². The number of para-hydroxylation sites is 1. The second-order valence-electron chi connectivity index (χ2n) is 5.73. The SMILES string of the molecule is CCc1ccccc1OCC(=O)NCCNC(=O)c1cccc(C)c1. The maximum absolute atomic E-state index is 12.0. The lowest BCUT2D eigenvalue weighted by atomic mass is 10.1. The van der Waals surface area contributed by atoms with Gasteiger partial charge in [-0.05, 0) is 37.1 Å². The molecule has 2 amide bonds. The van der Waals surface area contributed by atoms with E-state index >= 15 is 0 Å². The molecule has 0 unspecified atom stereocenters. The highest BCUT2D eigenvalue weighted by Crippen LogP contribution is 2.17. The van der Waals surface area contributed by atoms with E-state index in [0.717, 1.165) is 23.3 Å². The summed E-state index contributed by atoms with van der Waals surface area (Å²) < 4.78 is 5.55. The zero-order chi connectivity index (χ0) is 18.1. The van der Waals surface area contributed by atoms with E-state index in [4.69, 9.17) is 4.74 Å². The number of aryl methyl sites for hydroxylation is 2. The fourth-order valence-electron chi connectivity index (χ4n) is 2.40. The number of rotatable bonds is 8. The summed E-state index contributed by atoms with van der Waals surface area (Å²) >= 11 is 0. The van der Waals surface area contributed by atoms with Crippen LogP contribution in [0.1, 0.15) is 28.4 Å². The van der Waals surface area contributed by atoms with Crippen LogP contribution in [0.25, 0.3) is 0 Å². The molecule has 5 heteroatoms. The first-order chi connectivity index (χ1) is 12.1. The van der Waals surface area contributed by atoms with Crippen LogP contribution >= 0.6 is 0 Å². The quantitative estimate of drug-likeness (QED) is 0.726. The average Bonchev–Trinajstić information content (AvgIpc) is 2.63. The van der Waals surface area contributed by atoms with Crippen molar-refractivity contribution in [2.75, 3.05) is 19.7 Å². The van der Waals surface area contributed by atoms with Gasteiger partial charge in [0.25, 0.3) is 11.8 Å². The number of ether oxygens (including phenoxy) is 1. The summed E-state index contributed by atoms with van der Waals surface area (Å²) in [6.07, 6.45) is 0.850. The van der Waals surface area contributed by atoms with E-state index in [9.17, 15) is 9.59 Å². The van der Waals surface area contributed by atoms with Crippen LogP contribution < -0.4 is 15.4 Å². The molecule has 0 bridgehead atoms. The molecule has 132 valence electrons. The van der Waals surface area contributed by atoms with Gasteiger partial charge in [0, 0.05) is 18.7 Å². The van der Waals surface area contributed by atoms with E-state index in [1.54, 1.807) is 6.07 Å². The first-order valence-electron chi connectivity index (χ1n) is 8.42. The smallest absolute Gasteiger partial charge is 0.258 e. The van der Waals surface area contributed by atoms with Crippen molar-refractivity contribution >= 4 is 11.8 Å². The lowest BCUT2D eigenvalue weighted by Crippen LogP contribution is -2.36. The third kappa shape index (κ3) is 5.95. The standard InChI is InChI=1S/C20H24N2O3/c1-3-16-8-4-5-10-18(16)25-14-19(23)21-11-12-22-20(24)17-9-6-7-15(2)13-17/h4-10,13H,3,11-12,14H2,1-2H3,(H,21,23)(H,22,24). The van der Waals surface area contributed by atoms with Crippen LogP contribution in [0.4, 0.5) is 0 Å². The van der Waals surface area contributed by atoms with Gasteiger partial charge < -0.3 is 15.4 Å². The van der Waals surface area contributed by atoms with Crippen molar-refractivity contribution in [2.24, 2.45) is 0 Å². The molecule has 0 aliphatic heterocycles. The molecule has 0 fully saturated rings. The molecule has 2 N–H and O–H groups in total. The number of carbonyl (C=O) groups excluding carboxylic acids is 2. The maximum atomic E-state index is 12.0. The third-order valence-corrected chi connectivity index (χ3v) is 3.73. The Morgan fingerprint density at radius 1 is 1.00 bits per heavy atom. The van der Waals surface area contributed by atoms with Crippen molar-refractivity contribution in [1.29, 1.82) is 0 Å². The van der Waals surface area contributed by atoms with Gasteiger partial charge in [-0.25, -0.2) is 0 Å². The zero-order valence-electron chi connectivity index (χ0n) is 14.7. The normalized spacial score (nSPS) is 10.2. The minimum Gasteiger partial charge on any atom is -0.483 e. The van der Waals surface area contributed by atoms with Crippen LogP contribution in [0, 0.1) is 6.92 Å². The first kappa shape index (κ1) is 18.5. The highest BCUT2D eigenvalue weighted by molar-refractivity contribution is 5.94. The van der Waals surface area contributed by atoms with Gasteiger partial charge in [0.15, 0.2) is 6.61 Å². The summed E-state index contributed by atoms with van der Waals surface area (Å²) in [6, 6.07) is 15.0. The van der Waals surface area contributed by atoms with Crippen LogP contribution in [0.3, 0.4) is 0 Å². The molecule has 0 heterocycles. The molecule has 0 aromatic heterocycles. The van der Waals surface area contributed by atoms with Crippen LogP contribution in [0.15, 0.2) is 48.5 Å². The largest absolute Gasteiger partial charge is 0.483 e. The van der Waals surface area contributed by atoms with Crippen molar-refractivity contribution in [3.63, 3.8) is 0 Å². The van der Waals surface area contributed by atoms with E-state index in [-0.39, 0.29) is 18.4 Å². The van der Waals surface area contributed by atoms with E-state index in [1.807, 2.05) is 56.3 Å². The molecular weight excluding hydrogens is 316 g/mol. The Kier molecular flexibility index (Phi) is 7.01. The molecule has 0 radical (unpaired) electrons.